The highest BCUT2D eigenvalue weighted by atomic mass is 16.5. The molecular formula is C32H36O. The van der Waals surface area contributed by atoms with Crippen LogP contribution in [0.1, 0.15) is 81.4 Å². The van der Waals surface area contributed by atoms with Gasteiger partial charge in [-0.3, -0.25) is 0 Å². The van der Waals surface area contributed by atoms with Crippen LogP contribution in [0, 0.1) is 17.8 Å². The summed E-state index contributed by atoms with van der Waals surface area (Å²) in [5.74, 6) is 9.22. The second-order valence-corrected chi connectivity index (χ2v) is 9.49. The van der Waals surface area contributed by atoms with Crippen LogP contribution in [0.5, 0.6) is 5.75 Å². The monoisotopic (exact) mass is 436 g/mol. The highest BCUT2D eigenvalue weighted by Gasteiger charge is 2.19. The molecule has 1 nitrogen and oxygen atoms in total. The van der Waals surface area contributed by atoms with Crippen molar-refractivity contribution in [3.8, 4) is 28.7 Å². The van der Waals surface area contributed by atoms with E-state index in [0.717, 1.165) is 41.7 Å². The van der Waals surface area contributed by atoms with Crippen LogP contribution in [-0.2, 0) is 0 Å². The zero-order valence-corrected chi connectivity index (χ0v) is 20.1. The zero-order chi connectivity index (χ0) is 22.9. The molecule has 0 amide bonds. The van der Waals surface area contributed by atoms with Gasteiger partial charge in [-0.1, -0.05) is 87.8 Å². The lowest BCUT2D eigenvalue weighted by Gasteiger charge is -2.26. The first-order valence-corrected chi connectivity index (χ1v) is 12.7. The molecule has 0 unspecified atom stereocenters. The lowest BCUT2D eigenvalue weighted by atomic mass is 9.79. The van der Waals surface area contributed by atoms with Crippen LogP contribution >= 0.6 is 0 Å². The highest BCUT2D eigenvalue weighted by Crippen LogP contribution is 2.35. The van der Waals surface area contributed by atoms with Gasteiger partial charge in [0.05, 0.1) is 6.61 Å². The first kappa shape index (κ1) is 23.2. The second-order valence-electron chi connectivity index (χ2n) is 9.49. The molecular weight excluding hydrogens is 400 g/mol. The van der Waals surface area contributed by atoms with Crippen LogP contribution in [0.2, 0.25) is 0 Å². The van der Waals surface area contributed by atoms with Gasteiger partial charge < -0.3 is 4.74 Å². The molecule has 0 saturated heterocycles. The van der Waals surface area contributed by atoms with Gasteiger partial charge in [-0.2, -0.15) is 0 Å². The lowest BCUT2D eigenvalue weighted by Crippen LogP contribution is -2.10. The molecule has 0 aliphatic heterocycles. The molecule has 0 atom stereocenters. The maximum absolute atomic E-state index is 5.82. The van der Waals surface area contributed by atoms with E-state index in [-0.39, 0.29) is 0 Å². The van der Waals surface area contributed by atoms with Crippen molar-refractivity contribution in [1.29, 1.82) is 0 Å². The molecule has 4 rings (SSSR count). The molecule has 0 aromatic heterocycles. The third-order valence-corrected chi connectivity index (χ3v) is 6.84. The number of hydrogen-bond donors (Lipinski definition) is 0. The minimum atomic E-state index is 0.734. The lowest BCUT2D eigenvalue weighted by molar-refractivity contribution is 0.306. The first-order chi connectivity index (χ1) is 16.2. The molecule has 1 fully saturated rings. The van der Waals surface area contributed by atoms with Gasteiger partial charge in [-0.05, 0) is 84.2 Å². The molecule has 0 bridgehead atoms. The second kappa shape index (κ2) is 11.8. The van der Waals surface area contributed by atoms with E-state index < -0.39 is 0 Å². The third-order valence-electron chi connectivity index (χ3n) is 6.84. The molecule has 0 spiro atoms. The van der Waals surface area contributed by atoms with Crippen molar-refractivity contribution in [3.05, 3.63) is 89.5 Å². The number of unbranched alkanes of at least 4 members (excludes halogenated alkanes) is 2. The van der Waals surface area contributed by atoms with Crippen LogP contribution in [0.15, 0.2) is 72.8 Å². The predicted molar refractivity (Wildman–Crippen MR) is 140 cm³/mol. The molecule has 0 radical (unpaired) electrons. The summed E-state index contributed by atoms with van der Waals surface area (Å²) in [5.41, 5.74) is 6.00. The van der Waals surface area contributed by atoms with Gasteiger partial charge in [0.1, 0.15) is 5.75 Å². The van der Waals surface area contributed by atoms with E-state index in [9.17, 15) is 0 Å². The van der Waals surface area contributed by atoms with Crippen molar-refractivity contribution in [2.24, 2.45) is 5.92 Å². The Labute approximate surface area is 200 Å². The normalized spacial score (nSPS) is 17.8. The van der Waals surface area contributed by atoms with Gasteiger partial charge in [0.2, 0.25) is 0 Å². The molecule has 1 heteroatoms. The molecule has 1 saturated carbocycles. The molecule has 3 aromatic carbocycles. The average molecular weight is 437 g/mol. The fourth-order valence-corrected chi connectivity index (χ4v) is 4.61. The van der Waals surface area contributed by atoms with Crippen LogP contribution < -0.4 is 4.74 Å². The van der Waals surface area contributed by atoms with Crippen molar-refractivity contribution < 1.29 is 4.74 Å². The predicted octanol–water partition coefficient (Wildman–Crippen LogP) is 8.62. The summed E-state index contributed by atoms with van der Waals surface area (Å²) in [6.45, 7) is 5.38. The topological polar surface area (TPSA) is 9.23 Å². The summed E-state index contributed by atoms with van der Waals surface area (Å²) in [6.07, 6.45) is 8.93. The van der Waals surface area contributed by atoms with Crippen molar-refractivity contribution in [1.82, 2.24) is 0 Å². The Morgan fingerprint density at radius 1 is 0.697 bits per heavy atom. The number of benzene rings is 3. The van der Waals surface area contributed by atoms with Crippen LogP contribution in [0.4, 0.5) is 0 Å². The van der Waals surface area contributed by atoms with E-state index in [1.54, 1.807) is 0 Å². The van der Waals surface area contributed by atoms with Crippen molar-refractivity contribution in [2.45, 2.75) is 64.7 Å². The van der Waals surface area contributed by atoms with Gasteiger partial charge in [-0.15, -0.1) is 0 Å². The first-order valence-electron chi connectivity index (χ1n) is 12.7. The Balaban J connectivity index is 1.33. The van der Waals surface area contributed by atoms with E-state index in [1.165, 1.54) is 55.2 Å². The largest absolute Gasteiger partial charge is 0.494 e. The maximum atomic E-state index is 5.82. The SMILES string of the molecule is CCCCCOc1ccc(-c2ccc(C#Cc3ccc([C@H]4CC[C@H](C)CC4)cc3)cc2)cc1. The van der Waals surface area contributed by atoms with Crippen LogP contribution in [0.25, 0.3) is 11.1 Å². The Hall–Kier alpha value is -2.98. The van der Waals surface area contributed by atoms with Gasteiger partial charge in [-0.25, -0.2) is 0 Å². The summed E-state index contributed by atoms with van der Waals surface area (Å²) >= 11 is 0. The Bertz CT molecular complexity index is 1040. The molecule has 1 aliphatic carbocycles. The summed E-state index contributed by atoms with van der Waals surface area (Å²) in [4.78, 5) is 0. The van der Waals surface area contributed by atoms with E-state index in [4.69, 9.17) is 4.74 Å². The molecule has 170 valence electrons. The third kappa shape index (κ3) is 6.75. The summed E-state index contributed by atoms with van der Waals surface area (Å²) < 4.78 is 5.82. The van der Waals surface area contributed by atoms with E-state index in [0.29, 0.717) is 0 Å². The van der Waals surface area contributed by atoms with Crippen LogP contribution in [0.3, 0.4) is 0 Å². The Kier molecular flexibility index (Phi) is 8.26. The van der Waals surface area contributed by atoms with Gasteiger partial charge in [0, 0.05) is 11.1 Å². The molecule has 3 aromatic rings. The maximum Gasteiger partial charge on any atom is 0.119 e. The fraction of sp³-hybridized carbons (Fsp3) is 0.375. The molecule has 1 aliphatic rings. The summed E-state index contributed by atoms with van der Waals surface area (Å²) in [6, 6.07) is 25.8. The number of hydrogen-bond acceptors (Lipinski definition) is 1. The summed E-state index contributed by atoms with van der Waals surface area (Å²) in [7, 11) is 0. The quantitative estimate of drug-likeness (QED) is 0.266. The van der Waals surface area contributed by atoms with E-state index >= 15 is 0 Å². The number of rotatable bonds is 7. The van der Waals surface area contributed by atoms with Crippen molar-refractivity contribution in [2.75, 3.05) is 6.61 Å². The van der Waals surface area contributed by atoms with Gasteiger partial charge in [0.25, 0.3) is 0 Å². The molecule has 33 heavy (non-hydrogen) atoms. The van der Waals surface area contributed by atoms with E-state index in [1.807, 2.05) is 0 Å². The van der Waals surface area contributed by atoms with Crippen LogP contribution in [-0.4, -0.2) is 6.61 Å². The minimum absolute atomic E-state index is 0.734. The highest BCUT2D eigenvalue weighted by molar-refractivity contribution is 5.65. The summed E-state index contributed by atoms with van der Waals surface area (Å²) in [5, 5.41) is 0. The van der Waals surface area contributed by atoms with Gasteiger partial charge in [0.15, 0.2) is 0 Å². The van der Waals surface area contributed by atoms with Gasteiger partial charge >= 0.3 is 0 Å². The Morgan fingerprint density at radius 3 is 1.82 bits per heavy atom. The molecule has 0 N–H and O–H groups in total. The van der Waals surface area contributed by atoms with Crippen molar-refractivity contribution in [3.63, 3.8) is 0 Å². The fourth-order valence-electron chi connectivity index (χ4n) is 4.61. The number of ether oxygens (including phenoxy) is 1. The smallest absolute Gasteiger partial charge is 0.119 e. The standard InChI is InChI=1S/C32H36O/c1-3-4-5-24-33-32-22-20-31(21-23-32)30-18-12-27(13-19-30)9-8-26-10-16-29(17-11-26)28-14-6-25(2)7-15-28/h10-13,16-23,25,28H,3-7,14-15,24H2,1-2H3/t25-,28-. The Morgan fingerprint density at radius 2 is 1.24 bits per heavy atom. The average Bonchev–Trinajstić information content (AvgIpc) is 2.87. The molecule has 0 heterocycles. The van der Waals surface area contributed by atoms with Crippen molar-refractivity contribution >= 4 is 0 Å². The van der Waals surface area contributed by atoms with E-state index in [2.05, 4.69) is 98.5 Å². The zero-order valence-electron chi connectivity index (χ0n) is 20.1. The minimum Gasteiger partial charge on any atom is -0.494 e.